The van der Waals surface area contributed by atoms with E-state index in [0.717, 1.165) is 12.1 Å². The molecule has 2 heterocycles. The number of hydrogen-bond acceptors (Lipinski definition) is 3. The molecule has 0 radical (unpaired) electrons. The van der Waals surface area contributed by atoms with Crippen LogP contribution in [0.5, 0.6) is 0 Å². The highest BCUT2D eigenvalue weighted by Gasteiger charge is 2.12. The zero-order valence-electron chi connectivity index (χ0n) is 13.4. The van der Waals surface area contributed by atoms with Crippen molar-refractivity contribution in [2.75, 3.05) is 7.05 Å². The van der Waals surface area contributed by atoms with Crippen LogP contribution in [0.2, 0.25) is 0 Å². The van der Waals surface area contributed by atoms with Crippen molar-refractivity contribution in [3.8, 4) is 5.69 Å². The van der Waals surface area contributed by atoms with Crippen molar-refractivity contribution in [2.24, 2.45) is 0 Å². The van der Waals surface area contributed by atoms with Gasteiger partial charge < -0.3 is 14.6 Å². The molecule has 0 aliphatic heterocycles. The van der Waals surface area contributed by atoms with Crippen LogP contribution in [0.15, 0.2) is 53.4 Å². The van der Waals surface area contributed by atoms with Crippen LogP contribution in [0.1, 0.15) is 11.3 Å². The number of furan rings is 1. The first-order valence-corrected chi connectivity index (χ1v) is 7.53. The lowest BCUT2D eigenvalue weighted by molar-refractivity contribution is 0.202. The van der Waals surface area contributed by atoms with E-state index in [1.54, 1.807) is 31.6 Å². The van der Waals surface area contributed by atoms with Gasteiger partial charge in [-0.15, -0.1) is 0 Å². The van der Waals surface area contributed by atoms with Crippen molar-refractivity contribution in [3.63, 3.8) is 0 Å². The maximum Gasteiger partial charge on any atom is 0.317 e. The van der Waals surface area contributed by atoms with E-state index in [-0.39, 0.29) is 18.3 Å². The minimum Gasteiger partial charge on any atom is -0.467 e. The molecule has 0 aliphatic rings. The molecule has 1 aromatic carbocycles. The SMILES string of the molecule is CN(Cc1ccco1)C(=O)NCc1cnn(-c2ccc(F)cc2F)c1. The highest BCUT2D eigenvalue weighted by atomic mass is 19.1. The number of amides is 2. The molecular formula is C17H16F2N4O2. The van der Waals surface area contributed by atoms with Crippen molar-refractivity contribution in [1.82, 2.24) is 20.0 Å². The van der Waals surface area contributed by atoms with Crippen LogP contribution in [-0.4, -0.2) is 27.8 Å². The van der Waals surface area contributed by atoms with Gasteiger partial charge in [-0.2, -0.15) is 5.10 Å². The van der Waals surface area contributed by atoms with Crippen LogP contribution >= 0.6 is 0 Å². The van der Waals surface area contributed by atoms with Gasteiger partial charge in [-0.25, -0.2) is 18.3 Å². The summed E-state index contributed by atoms with van der Waals surface area (Å²) in [7, 11) is 1.65. The lowest BCUT2D eigenvalue weighted by Crippen LogP contribution is -2.36. The van der Waals surface area contributed by atoms with Gasteiger partial charge in [-0.05, 0) is 24.3 Å². The van der Waals surface area contributed by atoms with E-state index in [4.69, 9.17) is 4.42 Å². The standard InChI is InChI=1S/C17H16F2N4O2/c1-22(11-14-3-2-6-25-14)17(24)20-8-12-9-21-23(10-12)16-5-4-13(18)7-15(16)19/h2-7,9-10H,8,11H2,1H3,(H,20,24). The number of rotatable bonds is 5. The molecule has 0 fully saturated rings. The zero-order chi connectivity index (χ0) is 17.8. The van der Waals surface area contributed by atoms with E-state index in [1.165, 1.54) is 21.8 Å². The Morgan fingerprint density at radius 1 is 1.36 bits per heavy atom. The van der Waals surface area contributed by atoms with Gasteiger partial charge in [0.05, 0.1) is 19.0 Å². The van der Waals surface area contributed by atoms with Crippen molar-refractivity contribution >= 4 is 6.03 Å². The van der Waals surface area contributed by atoms with E-state index in [1.807, 2.05) is 0 Å². The largest absolute Gasteiger partial charge is 0.467 e. The molecule has 0 aliphatic carbocycles. The molecule has 2 amide bonds. The highest BCUT2D eigenvalue weighted by molar-refractivity contribution is 5.73. The molecule has 0 bridgehead atoms. The maximum atomic E-state index is 13.8. The average Bonchev–Trinajstić information content (AvgIpc) is 3.24. The summed E-state index contributed by atoms with van der Waals surface area (Å²) in [6, 6.07) is 6.51. The van der Waals surface area contributed by atoms with Gasteiger partial charge in [0.2, 0.25) is 0 Å². The lowest BCUT2D eigenvalue weighted by atomic mass is 10.3. The number of carbonyl (C=O) groups is 1. The molecule has 25 heavy (non-hydrogen) atoms. The molecule has 0 unspecified atom stereocenters. The molecule has 0 saturated carbocycles. The number of hydrogen-bond donors (Lipinski definition) is 1. The molecule has 8 heteroatoms. The van der Waals surface area contributed by atoms with Gasteiger partial charge in [0.25, 0.3) is 0 Å². The van der Waals surface area contributed by atoms with Gasteiger partial charge in [0.1, 0.15) is 17.3 Å². The minimum atomic E-state index is -0.711. The first kappa shape index (κ1) is 16.7. The summed E-state index contributed by atoms with van der Waals surface area (Å²) < 4.78 is 33.2. The molecule has 2 aromatic heterocycles. The number of nitrogens with zero attached hydrogens (tertiary/aromatic N) is 3. The molecule has 0 atom stereocenters. The predicted octanol–water partition coefficient (Wildman–Crippen LogP) is 3.09. The molecule has 6 nitrogen and oxygen atoms in total. The Kier molecular flexibility index (Phi) is 4.78. The van der Waals surface area contributed by atoms with Crippen LogP contribution < -0.4 is 5.32 Å². The van der Waals surface area contributed by atoms with Crippen LogP contribution in [0.4, 0.5) is 13.6 Å². The molecule has 0 spiro atoms. The Bertz CT molecular complexity index is 861. The van der Waals surface area contributed by atoms with Gasteiger partial charge in [0.15, 0.2) is 5.82 Å². The van der Waals surface area contributed by atoms with Crippen LogP contribution in [-0.2, 0) is 13.1 Å². The summed E-state index contributed by atoms with van der Waals surface area (Å²) in [5.41, 5.74) is 0.817. The first-order valence-electron chi connectivity index (χ1n) is 7.53. The summed E-state index contributed by atoms with van der Waals surface area (Å²) in [5, 5.41) is 6.77. The lowest BCUT2D eigenvalue weighted by Gasteiger charge is -2.16. The number of aromatic nitrogens is 2. The van der Waals surface area contributed by atoms with Crippen molar-refractivity contribution in [1.29, 1.82) is 0 Å². The zero-order valence-corrected chi connectivity index (χ0v) is 13.4. The number of nitrogens with one attached hydrogen (secondary N) is 1. The fourth-order valence-electron chi connectivity index (χ4n) is 2.27. The number of benzene rings is 1. The van der Waals surface area contributed by atoms with Gasteiger partial charge in [-0.1, -0.05) is 0 Å². The highest BCUT2D eigenvalue weighted by Crippen LogP contribution is 2.14. The van der Waals surface area contributed by atoms with E-state index in [9.17, 15) is 13.6 Å². The maximum absolute atomic E-state index is 13.8. The Morgan fingerprint density at radius 2 is 2.20 bits per heavy atom. The van der Waals surface area contributed by atoms with E-state index in [2.05, 4.69) is 10.4 Å². The topological polar surface area (TPSA) is 63.3 Å². The quantitative estimate of drug-likeness (QED) is 0.772. The second-order valence-corrected chi connectivity index (χ2v) is 5.48. The Balaban J connectivity index is 1.59. The monoisotopic (exact) mass is 346 g/mol. The summed E-state index contributed by atoms with van der Waals surface area (Å²) >= 11 is 0. The average molecular weight is 346 g/mol. The second kappa shape index (κ2) is 7.16. The second-order valence-electron chi connectivity index (χ2n) is 5.48. The normalized spacial score (nSPS) is 10.7. The predicted molar refractivity (Wildman–Crippen MR) is 85.9 cm³/mol. The van der Waals surface area contributed by atoms with E-state index < -0.39 is 11.6 Å². The summed E-state index contributed by atoms with van der Waals surface area (Å²) in [4.78, 5) is 13.5. The molecular weight excluding hydrogens is 330 g/mol. The Labute approximate surface area is 142 Å². The van der Waals surface area contributed by atoms with Crippen molar-refractivity contribution in [3.05, 3.63) is 71.9 Å². The summed E-state index contributed by atoms with van der Waals surface area (Å²) in [5.74, 6) is -0.686. The van der Waals surface area contributed by atoms with Crippen LogP contribution in [0.25, 0.3) is 5.69 Å². The van der Waals surface area contributed by atoms with Gasteiger partial charge >= 0.3 is 6.03 Å². The number of urea groups is 1. The molecule has 3 rings (SSSR count). The van der Waals surface area contributed by atoms with Crippen LogP contribution in [0.3, 0.4) is 0 Å². The Hall–Kier alpha value is -3.16. The van der Waals surface area contributed by atoms with Crippen molar-refractivity contribution in [2.45, 2.75) is 13.1 Å². The van der Waals surface area contributed by atoms with Crippen LogP contribution in [0, 0.1) is 11.6 Å². The van der Waals surface area contributed by atoms with E-state index >= 15 is 0 Å². The minimum absolute atomic E-state index is 0.133. The molecule has 130 valence electrons. The van der Waals surface area contributed by atoms with E-state index in [0.29, 0.717) is 17.9 Å². The third kappa shape index (κ3) is 4.03. The first-order chi connectivity index (χ1) is 12.0. The fourth-order valence-corrected chi connectivity index (χ4v) is 2.27. The number of carbonyl (C=O) groups excluding carboxylic acids is 1. The Morgan fingerprint density at radius 3 is 2.92 bits per heavy atom. The third-order valence-corrected chi connectivity index (χ3v) is 3.56. The summed E-state index contributed by atoms with van der Waals surface area (Å²) in [6.07, 6.45) is 4.63. The fraction of sp³-hybridized carbons (Fsp3) is 0.176. The van der Waals surface area contributed by atoms with Gasteiger partial charge in [0, 0.05) is 31.4 Å². The number of halogens is 2. The third-order valence-electron chi connectivity index (χ3n) is 3.56. The smallest absolute Gasteiger partial charge is 0.317 e. The molecule has 3 aromatic rings. The summed E-state index contributed by atoms with van der Waals surface area (Å²) in [6.45, 7) is 0.572. The molecule has 1 N–H and O–H groups in total. The van der Waals surface area contributed by atoms with Crippen molar-refractivity contribution < 1.29 is 18.0 Å². The molecule has 0 saturated heterocycles. The van der Waals surface area contributed by atoms with Gasteiger partial charge in [-0.3, -0.25) is 0 Å².